The largest absolute Gasteiger partial charge is 0.481 e. The second kappa shape index (κ2) is 7.00. The highest BCUT2D eigenvalue weighted by molar-refractivity contribution is 5.74. The Morgan fingerprint density at radius 2 is 2.00 bits per heavy atom. The van der Waals surface area contributed by atoms with Crippen LogP contribution < -0.4 is 0 Å². The smallest absolute Gasteiger partial charge is 0.309 e. The molecule has 0 unspecified atom stereocenters. The molecule has 1 N–H and O–H groups in total. The molecule has 0 aromatic heterocycles. The standard InChI is InChI=1S/C14H26O3/c1-3-5-12-6-8-14(9-7-12,13(15)16)10-11-17-4-2/h12H,3-11H2,1-2H3,(H,15,16). The maximum atomic E-state index is 11.5. The fourth-order valence-electron chi connectivity index (χ4n) is 2.91. The minimum absolute atomic E-state index is 0.501. The first kappa shape index (κ1) is 14.5. The maximum Gasteiger partial charge on any atom is 0.309 e. The Kier molecular flexibility index (Phi) is 5.96. The first-order valence-corrected chi connectivity index (χ1v) is 6.95. The number of carboxylic acid groups (broad SMARTS) is 1. The van der Waals surface area contributed by atoms with Gasteiger partial charge in [-0.2, -0.15) is 0 Å². The van der Waals surface area contributed by atoms with Crippen LogP contribution in [0.15, 0.2) is 0 Å². The molecule has 0 saturated heterocycles. The van der Waals surface area contributed by atoms with Crippen molar-refractivity contribution in [3.63, 3.8) is 0 Å². The number of hydrogen-bond acceptors (Lipinski definition) is 2. The maximum absolute atomic E-state index is 11.5. The number of carbonyl (C=O) groups is 1. The molecule has 0 spiro atoms. The van der Waals surface area contributed by atoms with Crippen LogP contribution in [-0.2, 0) is 9.53 Å². The summed E-state index contributed by atoms with van der Waals surface area (Å²) in [6.07, 6.45) is 6.96. The van der Waals surface area contributed by atoms with E-state index in [4.69, 9.17) is 4.74 Å². The number of rotatable bonds is 7. The molecule has 0 aliphatic heterocycles. The van der Waals surface area contributed by atoms with Gasteiger partial charge in [-0.05, 0) is 44.9 Å². The van der Waals surface area contributed by atoms with Gasteiger partial charge in [0.1, 0.15) is 0 Å². The normalized spacial score (nSPS) is 29.2. The summed E-state index contributed by atoms with van der Waals surface area (Å²) < 4.78 is 5.32. The predicted molar refractivity (Wildman–Crippen MR) is 68.0 cm³/mol. The van der Waals surface area contributed by atoms with Gasteiger partial charge in [0.05, 0.1) is 5.41 Å². The molecule has 3 nitrogen and oxygen atoms in total. The van der Waals surface area contributed by atoms with Crippen molar-refractivity contribution < 1.29 is 14.6 Å². The summed E-state index contributed by atoms with van der Waals surface area (Å²) >= 11 is 0. The van der Waals surface area contributed by atoms with E-state index in [0.717, 1.165) is 31.6 Å². The van der Waals surface area contributed by atoms with Gasteiger partial charge in [-0.1, -0.05) is 19.8 Å². The quantitative estimate of drug-likeness (QED) is 0.695. The molecule has 0 bridgehead atoms. The highest BCUT2D eigenvalue weighted by atomic mass is 16.5. The van der Waals surface area contributed by atoms with Crippen molar-refractivity contribution in [3.05, 3.63) is 0 Å². The van der Waals surface area contributed by atoms with Crippen LogP contribution in [0.1, 0.15) is 58.8 Å². The van der Waals surface area contributed by atoms with Gasteiger partial charge in [0, 0.05) is 13.2 Å². The average Bonchev–Trinajstić information content (AvgIpc) is 2.32. The molecule has 1 aliphatic rings. The Bertz CT molecular complexity index is 230. The van der Waals surface area contributed by atoms with E-state index in [9.17, 15) is 9.90 Å². The summed E-state index contributed by atoms with van der Waals surface area (Å²) in [6.45, 7) is 5.41. The summed E-state index contributed by atoms with van der Waals surface area (Å²) in [5, 5.41) is 9.45. The van der Waals surface area contributed by atoms with Crippen LogP contribution >= 0.6 is 0 Å². The van der Waals surface area contributed by atoms with Crippen molar-refractivity contribution in [2.45, 2.75) is 58.8 Å². The Hall–Kier alpha value is -0.570. The molecule has 17 heavy (non-hydrogen) atoms. The Morgan fingerprint density at radius 1 is 1.35 bits per heavy atom. The predicted octanol–water partition coefficient (Wildman–Crippen LogP) is 3.47. The second-order valence-electron chi connectivity index (χ2n) is 5.26. The summed E-state index contributed by atoms with van der Waals surface area (Å²) in [4.78, 5) is 11.5. The molecule has 1 rings (SSSR count). The number of hydrogen-bond donors (Lipinski definition) is 1. The minimum Gasteiger partial charge on any atom is -0.481 e. The molecule has 100 valence electrons. The molecule has 0 aromatic rings. The zero-order valence-corrected chi connectivity index (χ0v) is 11.2. The Balaban J connectivity index is 2.48. The zero-order chi connectivity index (χ0) is 12.7. The lowest BCUT2D eigenvalue weighted by atomic mass is 9.68. The molecule has 3 heteroatoms. The second-order valence-corrected chi connectivity index (χ2v) is 5.26. The SMILES string of the molecule is CCCC1CCC(CCOCC)(C(=O)O)CC1. The van der Waals surface area contributed by atoms with Gasteiger partial charge in [0.2, 0.25) is 0 Å². The van der Waals surface area contributed by atoms with E-state index in [0.29, 0.717) is 19.6 Å². The molecular formula is C14H26O3. The highest BCUT2D eigenvalue weighted by Gasteiger charge is 2.41. The van der Waals surface area contributed by atoms with E-state index in [1.807, 2.05) is 6.92 Å². The van der Waals surface area contributed by atoms with Gasteiger partial charge < -0.3 is 9.84 Å². The molecule has 1 saturated carbocycles. The molecule has 1 fully saturated rings. The van der Waals surface area contributed by atoms with E-state index in [2.05, 4.69) is 6.92 Å². The van der Waals surface area contributed by atoms with E-state index in [-0.39, 0.29) is 0 Å². The van der Waals surface area contributed by atoms with E-state index in [1.165, 1.54) is 12.8 Å². The number of aliphatic carboxylic acids is 1. The number of carboxylic acids is 1. The topological polar surface area (TPSA) is 46.5 Å². The van der Waals surface area contributed by atoms with Crippen molar-refractivity contribution >= 4 is 5.97 Å². The van der Waals surface area contributed by atoms with Gasteiger partial charge in [-0.3, -0.25) is 4.79 Å². The van der Waals surface area contributed by atoms with Crippen LogP contribution in [0.25, 0.3) is 0 Å². The van der Waals surface area contributed by atoms with Gasteiger partial charge in [-0.25, -0.2) is 0 Å². The monoisotopic (exact) mass is 242 g/mol. The first-order chi connectivity index (χ1) is 8.14. The molecule has 0 aromatic carbocycles. The van der Waals surface area contributed by atoms with Crippen molar-refractivity contribution in [1.29, 1.82) is 0 Å². The van der Waals surface area contributed by atoms with E-state index >= 15 is 0 Å². The van der Waals surface area contributed by atoms with Crippen LogP contribution in [0.2, 0.25) is 0 Å². The Labute approximate surface area is 105 Å². The number of ether oxygens (including phenoxy) is 1. The zero-order valence-electron chi connectivity index (χ0n) is 11.2. The van der Waals surface area contributed by atoms with Crippen LogP contribution in [0.4, 0.5) is 0 Å². The lowest BCUT2D eigenvalue weighted by Crippen LogP contribution is -2.36. The third-order valence-corrected chi connectivity index (χ3v) is 4.14. The molecule has 0 atom stereocenters. The molecular weight excluding hydrogens is 216 g/mol. The molecule has 0 heterocycles. The van der Waals surface area contributed by atoms with Crippen molar-refractivity contribution in [2.24, 2.45) is 11.3 Å². The highest BCUT2D eigenvalue weighted by Crippen LogP contribution is 2.43. The van der Waals surface area contributed by atoms with Crippen LogP contribution in [0.3, 0.4) is 0 Å². The summed E-state index contributed by atoms with van der Waals surface area (Å²) in [5.74, 6) is 0.131. The van der Waals surface area contributed by atoms with Crippen molar-refractivity contribution in [2.75, 3.05) is 13.2 Å². The van der Waals surface area contributed by atoms with Gasteiger partial charge >= 0.3 is 5.97 Å². The first-order valence-electron chi connectivity index (χ1n) is 6.95. The summed E-state index contributed by atoms with van der Waals surface area (Å²) in [5.41, 5.74) is -0.501. The van der Waals surface area contributed by atoms with Crippen molar-refractivity contribution in [1.82, 2.24) is 0 Å². The molecule has 0 radical (unpaired) electrons. The third kappa shape index (κ3) is 3.98. The van der Waals surface area contributed by atoms with E-state index < -0.39 is 11.4 Å². The molecule has 0 amide bonds. The third-order valence-electron chi connectivity index (χ3n) is 4.14. The summed E-state index contributed by atoms with van der Waals surface area (Å²) in [6, 6.07) is 0. The average molecular weight is 242 g/mol. The lowest BCUT2D eigenvalue weighted by Gasteiger charge is -2.36. The summed E-state index contributed by atoms with van der Waals surface area (Å²) in [7, 11) is 0. The van der Waals surface area contributed by atoms with Crippen LogP contribution in [0, 0.1) is 11.3 Å². The fourth-order valence-corrected chi connectivity index (χ4v) is 2.91. The lowest BCUT2D eigenvalue weighted by molar-refractivity contribution is -0.153. The molecule has 1 aliphatic carbocycles. The van der Waals surface area contributed by atoms with Crippen LogP contribution in [0.5, 0.6) is 0 Å². The van der Waals surface area contributed by atoms with Gasteiger partial charge in [0.25, 0.3) is 0 Å². The van der Waals surface area contributed by atoms with Crippen molar-refractivity contribution in [3.8, 4) is 0 Å². The minimum atomic E-state index is -0.618. The van der Waals surface area contributed by atoms with Gasteiger partial charge in [-0.15, -0.1) is 0 Å². The van der Waals surface area contributed by atoms with Crippen LogP contribution in [-0.4, -0.2) is 24.3 Å². The van der Waals surface area contributed by atoms with E-state index in [1.54, 1.807) is 0 Å². The van der Waals surface area contributed by atoms with Gasteiger partial charge in [0.15, 0.2) is 0 Å². The Morgan fingerprint density at radius 3 is 2.47 bits per heavy atom. The fraction of sp³-hybridized carbons (Fsp3) is 0.929.